The Kier molecular flexibility index (Phi) is 4.10. The second-order valence-electron chi connectivity index (χ2n) is 4.72. The van der Waals surface area contributed by atoms with Crippen molar-refractivity contribution in [1.82, 2.24) is 4.98 Å². The van der Waals surface area contributed by atoms with E-state index in [1.807, 2.05) is 6.92 Å². The molecule has 0 aliphatic carbocycles. The van der Waals surface area contributed by atoms with Crippen LogP contribution in [0.5, 0.6) is 5.75 Å². The third kappa shape index (κ3) is 3.22. The lowest BCUT2D eigenvalue weighted by molar-refractivity contribution is 0.344. The van der Waals surface area contributed by atoms with Gasteiger partial charge >= 0.3 is 0 Å². The van der Waals surface area contributed by atoms with Crippen molar-refractivity contribution in [1.29, 1.82) is 0 Å². The Balaban J connectivity index is 2.03. The van der Waals surface area contributed by atoms with Crippen molar-refractivity contribution in [3.8, 4) is 5.75 Å². The fourth-order valence-electron chi connectivity index (χ4n) is 2.15. The molecule has 0 saturated heterocycles. The van der Waals surface area contributed by atoms with E-state index in [1.54, 1.807) is 30.3 Å². The van der Waals surface area contributed by atoms with Crippen LogP contribution in [0, 0.1) is 0 Å². The monoisotopic (exact) mass is 349 g/mol. The molecule has 120 valence electrons. The summed E-state index contributed by atoms with van der Waals surface area (Å²) in [5, 5.41) is 0.406. The summed E-state index contributed by atoms with van der Waals surface area (Å²) in [5.74, 6) is 0.503. The smallest absolute Gasteiger partial charge is 0.261 e. The zero-order valence-corrected chi connectivity index (χ0v) is 13.9. The number of aromatic nitrogens is 1. The Morgan fingerprint density at radius 1 is 1.26 bits per heavy atom. The molecular weight excluding hydrogens is 334 g/mol. The number of nitrogens with two attached hydrogens (primary N) is 1. The number of nitrogens with zero attached hydrogens (tertiary/aromatic N) is 1. The summed E-state index contributed by atoms with van der Waals surface area (Å²) >= 11 is 1.28. The van der Waals surface area contributed by atoms with E-state index in [-0.39, 0.29) is 4.90 Å². The first kappa shape index (κ1) is 15.6. The molecule has 0 fully saturated rings. The molecule has 1 aromatic heterocycles. The first-order chi connectivity index (χ1) is 11.0. The number of thiazole rings is 1. The van der Waals surface area contributed by atoms with Crippen molar-refractivity contribution in [2.75, 3.05) is 17.1 Å². The van der Waals surface area contributed by atoms with E-state index in [0.29, 0.717) is 28.7 Å². The minimum absolute atomic E-state index is 0.196. The highest BCUT2D eigenvalue weighted by molar-refractivity contribution is 7.92. The van der Waals surface area contributed by atoms with Gasteiger partial charge in [-0.2, -0.15) is 0 Å². The zero-order chi connectivity index (χ0) is 16.4. The Hall–Kier alpha value is -2.32. The standard InChI is InChI=1S/C15H15N3O3S2/c1-2-21-12-8-10(9-13-14(12)17-15(16)22-13)18-23(19,20)11-6-4-3-5-7-11/h3-9,18H,2H2,1H3,(H2,16,17). The van der Waals surface area contributed by atoms with E-state index in [2.05, 4.69) is 9.71 Å². The molecule has 23 heavy (non-hydrogen) atoms. The molecule has 0 amide bonds. The summed E-state index contributed by atoms with van der Waals surface area (Å²) in [4.78, 5) is 4.42. The number of ether oxygens (including phenoxy) is 1. The summed E-state index contributed by atoms with van der Waals surface area (Å²) in [6.45, 7) is 2.30. The van der Waals surface area contributed by atoms with Crippen molar-refractivity contribution >= 4 is 42.4 Å². The molecule has 2 aromatic carbocycles. The maximum Gasteiger partial charge on any atom is 0.261 e. The lowest BCUT2D eigenvalue weighted by Crippen LogP contribution is -2.12. The minimum atomic E-state index is -3.66. The first-order valence-corrected chi connectivity index (χ1v) is 9.20. The molecule has 3 N–H and O–H groups in total. The Morgan fingerprint density at radius 3 is 2.70 bits per heavy atom. The van der Waals surface area contributed by atoms with Crippen molar-refractivity contribution in [2.24, 2.45) is 0 Å². The van der Waals surface area contributed by atoms with E-state index in [9.17, 15) is 8.42 Å². The predicted molar refractivity (Wildman–Crippen MR) is 92.5 cm³/mol. The highest BCUT2D eigenvalue weighted by atomic mass is 32.2. The number of rotatable bonds is 5. The van der Waals surface area contributed by atoms with Crippen LogP contribution in [0.4, 0.5) is 10.8 Å². The highest BCUT2D eigenvalue weighted by Gasteiger charge is 2.16. The summed E-state index contributed by atoms with van der Waals surface area (Å²) in [6.07, 6.45) is 0. The maximum atomic E-state index is 12.4. The van der Waals surface area contributed by atoms with Crippen molar-refractivity contribution in [3.05, 3.63) is 42.5 Å². The van der Waals surface area contributed by atoms with Crippen LogP contribution in [0.2, 0.25) is 0 Å². The van der Waals surface area contributed by atoms with E-state index in [4.69, 9.17) is 10.5 Å². The molecule has 0 saturated carbocycles. The summed E-state index contributed by atoms with van der Waals surface area (Å²) < 4.78 is 33.7. The van der Waals surface area contributed by atoms with E-state index >= 15 is 0 Å². The van der Waals surface area contributed by atoms with Crippen LogP contribution in [0.3, 0.4) is 0 Å². The molecule has 3 rings (SSSR count). The van der Waals surface area contributed by atoms with E-state index in [0.717, 1.165) is 4.70 Å². The van der Waals surface area contributed by atoms with Gasteiger partial charge in [0.1, 0.15) is 11.3 Å². The first-order valence-electron chi connectivity index (χ1n) is 6.90. The molecule has 3 aromatic rings. The molecular formula is C15H15N3O3S2. The van der Waals surface area contributed by atoms with Gasteiger partial charge in [0.25, 0.3) is 10.0 Å². The largest absolute Gasteiger partial charge is 0.491 e. The number of sulfonamides is 1. The van der Waals surface area contributed by atoms with Crippen LogP contribution < -0.4 is 15.2 Å². The van der Waals surface area contributed by atoms with Crippen LogP contribution >= 0.6 is 11.3 Å². The van der Waals surface area contributed by atoms with Gasteiger partial charge in [-0.3, -0.25) is 4.72 Å². The summed E-state index contributed by atoms with van der Waals surface area (Å²) in [7, 11) is -3.66. The third-order valence-corrected chi connectivity index (χ3v) is 5.31. The zero-order valence-electron chi connectivity index (χ0n) is 12.3. The number of nitrogen functional groups attached to an aromatic ring is 1. The van der Waals surface area contributed by atoms with Gasteiger partial charge in [-0.1, -0.05) is 29.5 Å². The van der Waals surface area contributed by atoms with Crippen LogP contribution in [-0.2, 0) is 10.0 Å². The van der Waals surface area contributed by atoms with Gasteiger partial charge in [0.2, 0.25) is 0 Å². The molecule has 0 bridgehead atoms. The van der Waals surface area contributed by atoms with E-state index in [1.165, 1.54) is 23.5 Å². The number of nitrogens with one attached hydrogen (secondary N) is 1. The van der Waals surface area contributed by atoms with Gasteiger partial charge in [-0.25, -0.2) is 13.4 Å². The highest BCUT2D eigenvalue weighted by Crippen LogP contribution is 2.35. The van der Waals surface area contributed by atoms with Gasteiger partial charge < -0.3 is 10.5 Å². The van der Waals surface area contributed by atoms with Gasteiger partial charge in [-0.05, 0) is 25.1 Å². The number of hydrogen-bond donors (Lipinski definition) is 2. The van der Waals surface area contributed by atoms with Crippen LogP contribution in [0.1, 0.15) is 6.92 Å². The molecule has 0 aliphatic rings. The van der Waals surface area contributed by atoms with Crippen LogP contribution in [0.25, 0.3) is 10.2 Å². The molecule has 6 nitrogen and oxygen atoms in total. The van der Waals surface area contributed by atoms with Crippen molar-refractivity contribution < 1.29 is 13.2 Å². The number of fused-ring (bicyclic) bond motifs is 1. The molecule has 0 spiro atoms. The predicted octanol–water partition coefficient (Wildman–Crippen LogP) is 3.08. The Bertz CT molecular complexity index is 937. The molecule has 0 atom stereocenters. The van der Waals surface area contributed by atoms with E-state index < -0.39 is 10.0 Å². The lowest BCUT2D eigenvalue weighted by Gasteiger charge is -2.10. The molecule has 0 radical (unpaired) electrons. The van der Waals surface area contributed by atoms with Crippen LogP contribution in [-0.4, -0.2) is 20.0 Å². The molecule has 8 heteroatoms. The van der Waals surface area contributed by atoms with Crippen LogP contribution in [0.15, 0.2) is 47.4 Å². The molecule has 0 unspecified atom stereocenters. The summed E-state index contributed by atoms with van der Waals surface area (Å²) in [5.41, 5.74) is 6.78. The second-order valence-corrected chi connectivity index (χ2v) is 7.47. The average molecular weight is 349 g/mol. The quantitative estimate of drug-likeness (QED) is 0.738. The SMILES string of the molecule is CCOc1cc(NS(=O)(=O)c2ccccc2)cc2sc(N)nc12. The van der Waals surface area contributed by atoms with Crippen molar-refractivity contribution in [3.63, 3.8) is 0 Å². The van der Waals surface area contributed by atoms with Crippen molar-refractivity contribution in [2.45, 2.75) is 11.8 Å². The topological polar surface area (TPSA) is 94.3 Å². The normalized spacial score (nSPS) is 11.5. The maximum absolute atomic E-state index is 12.4. The number of hydrogen-bond acceptors (Lipinski definition) is 6. The second kappa shape index (κ2) is 6.05. The van der Waals surface area contributed by atoms with Gasteiger partial charge in [0.05, 0.1) is 21.9 Å². The summed E-state index contributed by atoms with van der Waals surface area (Å²) in [6, 6.07) is 11.5. The lowest BCUT2D eigenvalue weighted by atomic mass is 10.3. The van der Waals surface area contributed by atoms with Gasteiger partial charge in [0, 0.05) is 6.07 Å². The van der Waals surface area contributed by atoms with Gasteiger partial charge in [-0.15, -0.1) is 0 Å². The molecule has 1 heterocycles. The Morgan fingerprint density at radius 2 is 2.00 bits per heavy atom. The fourth-order valence-corrected chi connectivity index (χ4v) is 4.01. The number of anilines is 2. The average Bonchev–Trinajstić information content (AvgIpc) is 2.88. The van der Waals surface area contributed by atoms with Gasteiger partial charge in [0.15, 0.2) is 5.13 Å². The third-order valence-electron chi connectivity index (χ3n) is 3.08. The number of benzene rings is 2. The Labute approximate surface area is 138 Å². The molecule has 0 aliphatic heterocycles. The fraction of sp³-hybridized carbons (Fsp3) is 0.133. The minimum Gasteiger partial charge on any atom is -0.491 e.